The molecule has 0 fully saturated rings. The summed E-state index contributed by atoms with van der Waals surface area (Å²) in [5.74, 6) is -2.26. The van der Waals surface area contributed by atoms with Crippen LogP contribution in [0.1, 0.15) is 28.9 Å². The molecule has 0 aliphatic heterocycles. The molecule has 25 heavy (non-hydrogen) atoms. The summed E-state index contributed by atoms with van der Waals surface area (Å²) in [6.45, 7) is 0.447. The van der Waals surface area contributed by atoms with E-state index in [0.29, 0.717) is 24.8 Å². The Morgan fingerprint density at radius 2 is 1.96 bits per heavy atom. The van der Waals surface area contributed by atoms with Crippen LogP contribution < -0.4 is 5.32 Å². The number of phenolic OH excluding ortho intramolecular Hbond substituents is 1. The molecule has 1 amide bonds. The molecule has 0 spiro atoms. The summed E-state index contributed by atoms with van der Waals surface area (Å²) in [6.07, 6.45) is 2.04. The Hall–Kier alpha value is -2.96. The molecular weight excluding hydrogens is 328 g/mol. The molecule has 0 atom stereocenters. The second-order valence-electron chi connectivity index (χ2n) is 5.69. The molecule has 2 aromatic carbocycles. The van der Waals surface area contributed by atoms with Crippen molar-refractivity contribution >= 4 is 16.8 Å². The Kier molecular flexibility index (Phi) is 4.92. The monoisotopic (exact) mass is 345 g/mol. The Bertz CT molecular complexity index is 908. The first kappa shape index (κ1) is 16.9. The molecule has 1 heterocycles. The fraction of sp³-hybridized carbons (Fsp3) is 0.222. The quantitative estimate of drug-likeness (QED) is 0.600. The molecule has 0 aliphatic rings. The lowest BCUT2D eigenvalue weighted by Gasteiger charge is -2.06. The van der Waals surface area contributed by atoms with E-state index in [9.17, 15) is 18.7 Å². The van der Waals surface area contributed by atoms with Crippen LogP contribution in [0.25, 0.3) is 10.9 Å². The van der Waals surface area contributed by atoms with Gasteiger partial charge in [-0.3, -0.25) is 9.89 Å². The Balaban J connectivity index is 1.50. The van der Waals surface area contributed by atoms with Gasteiger partial charge >= 0.3 is 0 Å². The molecule has 5 nitrogen and oxygen atoms in total. The molecule has 0 aliphatic carbocycles. The van der Waals surface area contributed by atoms with Crippen molar-refractivity contribution in [2.75, 3.05) is 6.54 Å². The molecule has 130 valence electrons. The van der Waals surface area contributed by atoms with Crippen LogP contribution in [0.5, 0.6) is 5.75 Å². The number of aromatic nitrogens is 2. The SMILES string of the molecule is O=C(NCCCCc1[nH]nc2c(F)c(F)ccc12)c1ccccc1O. The van der Waals surface area contributed by atoms with E-state index in [4.69, 9.17) is 0 Å². The van der Waals surface area contributed by atoms with Crippen LogP contribution in [0, 0.1) is 11.6 Å². The fourth-order valence-electron chi connectivity index (χ4n) is 2.66. The third kappa shape index (κ3) is 3.60. The molecule has 3 aromatic rings. The third-order valence-electron chi connectivity index (χ3n) is 3.98. The van der Waals surface area contributed by atoms with Crippen LogP contribution in [-0.4, -0.2) is 27.8 Å². The first-order chi connectivity index (χ1) is 12.1. The standard InChI is InChI=1S/C18H17F2N3O2/c19-13-9-8-11-14(22-23-17(11)16(13)20)6-3-4-10-21-18(25)12-5-1-2-7-15(12)24/h1-2,5,7-9,24H,3-4,6,10H2,(H,21,25)(H,22,23). The van der Waals surface area contributed by atoms with E-state index in [-0.39, 0.29) is 22.7 Å². The lowest BCUT2D eigenvalue weighted by molar-refractivity contribution is 0.0950. The molecule has 1 aromatic heterocycles. The number of benzene rings is 2. The number of carbonyl (C=O) groups is 1. The van der Waals surface area contributed by atoms with Crippen molar-refractivity contribution in [2.45, 2.75) is 19.3 Å². The van der Waals surface area contributed by atoms with Crippen molar-refractivity contribution in [1.82, 2.24) is 15.5 Å². The van der Waals surface area contributed by atoms with E-state index >= 15 is 0 Å². The zero-order valence-corrected chi connectivity index (χ0v) is 13.4. The van der Waals surface area contributed by atoms with Gasteiger partial charge in [-0.25, -0.2) is 8.78 Å². The smallest absolute Gasteiger partial charge is 0.255 e. The van der Waals surface area contributed by atoms with Crippen molar-refractivity contribution in [3.8, 4) is 5.75 Å². The van der Waals surface area contributed by atoms with Crippen LogP contribution in [0.15, 0.2) is 36.4 Å². The number of hydrogen-bond acceptors (Lipinski definition) is 3. The van der Waals surface area contributed by atoms with Crippen LogP contribution in [0.2, 0.25) is 0 Å². The minimum absolute atomic E-state index is 0.00264. The number of amides is 1. The van der Waals surface area contributed by atoms with Crippen molar-refractivity contribution in [3.05, 3.63) is 59.3 Å². The van der Waals surface area contributed by atoms with Gasteiger partial charge in [0.25, 0.3) is 5.91 Å². The van der Waals surface area contributed by atoms with Crippen molar-refractivity contribution in [2.24, 2.45) is 0 Å². The van der Waals surface area contributed by atoms with E-state index in [0.717, 1.165) is 18.2 Å². The highest BCUT2D eigenvalue weighted by Crippen LogP contribution is 2.22. The normalized spacial score (nSPS) is 11.0. The summed E-state index contributed by atoms with van der Waals surface area (Å²) in [5, 5.41) is 19.5. The van der Waals surface area contributed by atoms with Gasteiger partial charge in [-0.2, -0.15) is 5.10 Å². The fourth-order valence-corrected chi connectivity index (χ4v) is 2.66. The molecule has 0 saturated heterocycles. The van der Waals surface area contributed by atoms with Gasteiger partial charge in [0, 0.05) is 17.6 Å². The van der Waals surface area contributed by atoms with E-state index in [2.05, 4.69) is 15.5 Å². The Morgan fingerprint density at radius 1 is 1.16 bits per heavy atom. The van der Waals surface area contributed by atoms with Gasteiger partial charge in [0.2, 0.25) is 0 Å². The van der Waals surface area contributed by atoms with Crippen LogP contribution in [0.3, 0.4) is 0 Å². The number of nitrogens with one attached hydrogen (secondary N) is 2. The van der Waals surface area contributed by atoms with Crippen LogP contribution >= 0.6 is 0 Å². The lowest BCUT2D eigenvalue weighted by atomic mass is 10.1. The lowest BCUT2D eigenvalue weighted by Crippen LogP contribution is -2.24. The van der Waals surface area contributed by atoms with Crippen LogP contribution in [-0.2, 0) is 6.42 Å². The van der Waals surface area contributed by atoms with Gasteiger partial charge in [0.05, 0.1) is 5.56 Å². The predicted molar refractivity (Wildman–Crippen MR) is 89.4 cm³/mol. The number of H-pyrrole nitrogens is 1. The van der Waals surface area contributed by atoms with Gasteiger partial charge in [-0.15, -0.1) is 0 Å². The number of hydrogen-bond donors (Lipinski definition) is 3. The first-order valence-corrected chi connectivity index (χ1v) is 7.95. The van der Waals surface area contributed by atoms with E-state index < -0.39 is 11.6 Å². The number of carbonyl (C=O) groups excluding carboxylic acids is 1. The van der Waals surface area contributed by atoms with Crippen molar-refractivity contribution in [3.63, 3.8) is 0 Å². The summed E-state index contributed by atoms with van der Waals surface area (Å²) >= 11 is 0. The van der Waals surface area contributed by atoms with E-state index in [1.165, 1.54) is 12.1 Å². The van der Waals surface area contributed by atoms with Crippen LogP contribution in [0.4, 0.5) is 8.78 Å². The number of rotatable bonds is 6. The summed E-state index contributed by atoms with van der Waals surface area (Å²) in [4.78, 5) is 11.9. The highest BCUT2D eigenvalue weighted by atomic mass is 19.2. The Morgan fingerprint density at radius 3 is 2.76 bits per heavy atom. The zero-order valence-electron chi connectivity index (χ0n) is 13.4. The van der Waals surface area contributed by atoms with Crippen molar-refractivity contribution < 1.29 is 18.7 Å². The second-order valence-corrected chi connectivity index (χ2v) is 5.69. The molecule has 0 radical (unpaired) electrons. The summed E-state index contributed by atoms with van der Waals surface area (Å²) in [5.41, 5.74) is 0.975. The number of fused-ring (bicyclic) bond motifs is 1. The highest BCUT2D eigenvalue weighted by molar-refractivity contribution is 5.96. The van der Waals surface area contributed by atoms with Gasteiger partial charge in [0.1, 0.15) is 11.3 Å². The zero-order chi connectivity index (χ0) is 17.8. The minimum Gasteiger partial charge on any atom is -0.507 e. The summed E-state index contributed by atoms with van der Waals surface area (Å²) < 4.78 is 26.8. The molecule has 3 rings (SSSR count). The number of halogens is 2. The van der Waals surface area contributed by atoms with Gasteiger partial charge in [0.15, 0.2) is 11.6 Å². The number of para-hydroxylation sites is 1. The Labute approximate surface area is 142 Å². The number of unbranched alkanes of at least 4 members (excludes halogenated alkanes) is 1. The maximum absolute atomic E-state index is 13.6. The molecule has 0 unspecified atom stereocenters. The maximum atomic E-state index is 13.6. The van der Waals surface area contributed by atoms with Gasteiger partial charge < -0.3 is 10.4 Å². The predicted octanol–water partition coefficient (Wildman–Crippen LogP) is 3.30. The van der Waals surface area contributed by atoms with Gasteiger partial charge in [-0.1, -0.05) is 12.1 Å². The van der Waals surface area contributed by atoms with Gasteiger partial charge in [-0.05, 0) is 43.5 Å². The number of phenols is 1. The third-order valence-corrected chi connectivity index (χ3v) is 3.98. The first-order valence-electron chi connectivity index (χ1n) is 7.95. The van der Waals surface area contributed by atoms with E-state index in [1.54, 1.807) is 18.2 Å². The van der Waals surface area contributed by atoms with Crippen molar-refractivity contribution in [1.29, 1.82) is 0 Å². The number of nitrogens with zero attached hydrogens (tertiary/aromatic N) is 1. The number of aryl methyl sites for hydroxylation is 1. The molecule has 7 heteroatoms. The molecular formula is C18H17F2N3O2. The highest BCUT2D eigenvalue weighted by Gasteiger charge is 2.13. The average Bonchev–Trinajstić information content (AvgIpc) is 3.02. The van der Waals surface area contributed by atoms with E-state index in [1.807, 2.05) is 0 Å². The molecule has 3 N–H and O–H groups in total. The molecule has 0 saturated carbocycles. The average molecular weight is 345 g/mol. The summed E-state index contributed by atoms with van der Waals surface area (Å²) in [6, 6.07) is 8.93. The topological polar surface area (TPSA) is 78.0 Å². The second kappa shape index (κ2) is 7.29. The minimum atomic E-state index is -0.949. The maximum Gasteiger partial charge on any atom is 0.255 e. The summed E-state index contributed by atoms with van der Waals surface area (Å²) in [7, 11) is 0. The number of aromatic hydroxyl groups is 1. The molecule has 0 bridgehead atoms. The number of aromatic amines is 1. The largest absolute Gasteiger partial charge is 0.507 e.